The van der Waals surface area contributed by atoms with Crippen molar-refractivity contribution in [1.29, 1.82) is 0 Å². The van der Waals surface area contributed by atoms with E-state index in [0.717, 1.165) is 11.8 Å². The van der Waals surface area contributed by atoms with E-state index < -0.39 is 0 Å². The SMILES string of the molecule is O=C(CSc1nnc2[nH]c(=O)c(-c3ccccc3)nn12)Nc1ccc(Cl)cc1. The summed E-state index contributed by atoms with van der Waals surface area (Å²) in [6.07, 6.45) is 0. The molecule has 4 aromatic rings. The number of nitrogens with zero attached hydrogens (tertiary/aromatic N) is 4. The molecule has 2 aromatic heterocycles. The first-order valence-corrected chi connectivity index (χ1v) is 9.56. The molecular formula is C18H13ClN6O2S. The number of rotatable bonds is 5. The lowest BCUT2D eigenvalue weighted by Gasteiger charge is -2.05. The van der Waals surface area contributed by atoms with Crippen molar-refractivity contribution in [2.75, 3.05) is 11.1 Å². The Bertz CT molecular complexity index is 1190. The second-order valence-electron chi connectivity index (χ2n) is 5.73. The van der Waals surface area contributed by atoms with E-state index in [9.17, 15) is 9.59 Å². The average molecular weight is 413 g/mol. The molecule has 2 N–H and O–H groups in total. The number of amides is 1. The lowest BCUT2D eigenvalue weighted by molar-refractivity contribution is -0.113. The van der Waals surface area contributed by atoms with Crippen molar-refractivity contribution in [1.82, 2.24) is 24.8 Å². The number of halogens is 1. The van der Waals surface area contributed by atoms with E-state index in [1.807, 2.05) is 18.2 Å². The maximum absolute atomic E-state index is 12.3. The number of benzene rings is 2. The Balaban J connectivity index is 1.53. The number of aromatic nitrogens is 5. The molecule has 0 fully saturated rings. The molecule has 0 spiro atoms. The van der Waals surface area contributed by atoms with E-state index in [1.165, 1.54) is 4.52 Å². The number of carbonyl (C=O) groups is 1. The monoisotopic (exact) mass is 412 g/mol. The molecule has 0 aliphatic rings. The van der Waals surface area contributed by atoms with Gasteiger partial charge in [0.15, 0.2) is 5.69 Å². The molecule has 0 saturated carbocycles. The average Bonchev–Trinajstić information content (AvgIpc) is 3.10. The van der Waals surface area contributed by atoms with Crippen LogP contribution in [0, 0.1) is 0 Å². The first-order valence-electron chi connectivity index (χ1n) is 8.19. The minimum absolute atomic E-state index is 0.102. The standard InChI is InChI=1S/C18H13ClN6O2S/c19-12-6-8-13(9-7-12)20-14(26)10-28-18-23-22-17-21-16(27)15(24-25(17)18)11-4-2-1-3-5-11/h1-9H,10H2,(H,20,26)(H,21,22,27). The van der Waals surface area contributed by atoms with Crippen LogP contribution in [0.25, 0.3) is 17.0 Å². The maximum atomic E-state index is 12.3. The molecule has 8 nitrogen and oxygen atoms in total. The minimum atomic E-state index is -0.358. The van der Waals surface area contributed by atoms with Crippen LogP contribution in [0.5, 0.6) is 0 Å². The third kappa shape index (κ3) is 3.90. The highest BCUT2D eigenvalue weighted by Gasteiger charge is 2.14. The third-order valence-corrected chi connectivity index (χ3v) is 4.93. The predicted octanol–water partition coefficient (Wildman–Crippen LogP) is 2.86. The van der Waals surface area contributed by atoms with Crippen molar-refractivity contribution in [3.8, 4) is 11.3 Å². The van der Waals surface area contributed by atoms with Crippen LogP contribution in [0.4, 0.5) is 5.69 Å². The molecular weight excluding hydrogens is 400 g/mol. The van der Waals surface area contributed by atoms with Crippen LogP contribution in [0.2, 0.25) is 5.02 Å². The second-order valence-corrected chi connectivity index (χ2v) is 7.11. The number of hydrogen-bond donors (Lipinski definition) is 2. The zero-order chi connectivity index (χ0) is 19.5. The molecule has 4 rings (SSSR count). The molecule has 0 radical (unpaired) electrons. The number of anilines is 1. The van der Waals surface area contributed by atoms with Gasteiger partial charge < -0.3 is 5.32 Å². The highest BCUT2D eigenvalue weighted by atomic mass is 35.5. The summed E-state index contributed by atoms with van der Waals surface area (Å²) in [5, 5.41) is 16.0. The maximum Gasteiger partial charge on any atom is 0.279 e. The fourth-order valence-corrected chi connectivity index (χ4v) is 3.28. The van der Waals surface area contributed by atoms with Crippen LogP contribution in [-0.4, -0.2) is 36.5 Å². The summed E-state index contributed by atoms with van der Waals surface area (Å²) < 4.78 is 1.42. The van der Waals surface area contributed by atoms with E-state index in [4.69, 9.17) is 11.6 Å². The van der Waals surface area contributed by atoms with Crippen molar-refractivity contribution >= 4 is 40.7 Å². The van der Waals surface area contributed by atoms with Crippen molar-refractivity contribution in [2.45, 2.75) is 5.16 Å². The summed E-state index contributed by atoms with van der Waals surface area (Å²) in [7, 11) is 0. The molecule has 10 heteroatoms. The zero-order valence-electron chi connectivity index (χ0n) is 14.3. The Morgan fingerprint density at radius 3 is 2.61 bits per heavy atom. The van der Waals surface area contributed by atoms with Crippen molar-refractivity contribution in [2.24, 2.45) is 0 Å². The largest absolute Gasteiger partial charge is 0.325 e. The summed E-state index contributed by atoms with van der Waals surface area (Å²) in [6, 6.07) is 15.9. The van der Waals surface area contributed by atoms with E-state index >= 15 is 0 Å². The topological polar surface area (TPSA) is 105 Å². The van der Waals surface area contributed by atoms with Crippen molar-refractivity contribution < 1.29 is 4.79 Å². The summed E-state index contributed by atoms with van der Waals surface area (Å²) in [5.74, 6) is 0.104. The highest BCUT2D eigenvalue weighted by Crippen LogP contribution is 2.18. The van der Waals surface area contributed by atoms with Gasteiger partial charge in [-0.1, -0.05) is 53.7 Å². The van der Waals surface area contributed by atoms with Gasteiger partial charge in [-0.2, -0.15) is 9.61 Å². The molecule has 0 bridgehead atoms. The van der Waals surface area contributed by atoms with Gasteiger partial charge in [-0.3, -0.25) is 14.6 Å². The molecule has 0 aliphatic heterocycles. The fourth-order valence-electron chi connectivity index (χ4n) is 2.47. The summed E-state index contributed by atoms with van der Waals surface area (Å²) >= 11 is 7.00. The van der Waals surface area contributed by atoms with Crippen molar-refractivity contribution in [3.05, 3.63) is 70.0 Å². The van der Waals surface area contributed by atoms with E-state index in [2.05, 4.69) is 25.6 Å². The summed E-state index contributed by atoms with van der Waals surface area (Å²) in [5.41, 5.74) is 1.22. The zero-order valence-corrected chi connectivity index (χ0v) is 15.9. The number of fused-ring (bicyclic) bond motifs is 1. The van der Waals surface area contributed by atoms with Crippen LogP contribution < -0.4 is 10.9 Å². The van der Waals surface area contributed by atoms with Gasteiger partial charge in [-0.25, -0.2) is 0 Å². The lowest BCUT2D eigenvalue weighted by Crippen LogP contribution is -2.16. The van der Waals surface area contributed by atoms with Gasteiger partial charge in [0.1, 0.15) is 0 Å². The quantitative estimate of drug-likeness (QED) is 0.488. The Kier molecular flexibility index (Phi) is 5.09. The van der Waals surface area contributed by atoms with Crippen LogP contribution in [-0.2, 0) is 4.79 Å². The molecule has 0 unspecified atom stereocenters. The van der Waals surface area contributed by atoms with Gasteiger partial charge in [0, 0.05) is 16.3 Å². The van der Waals surface area contributed by atoms with Gasteiger partial charge in [-0.15, -0.1) is 10.2 Å². The molecule has 0 atom stereocenters. The highest BCUT2D eigenvalue weighted by molar-refractivity contribution is 7.99. The Hall–Kier alpha value is -3.17. The molecule has 2 aromatic carbocycles. The molecule has 28 heavy (non-hydrogen) atoms. The first-order chi connectivity index (χ1) is 13.6. The second kappa shape index (κ2) is 7.83. The van der Waals surface area contributed by atoms with Gasteiger partial charge in [0.05, 0.1) is 5.75 Å². The Morgan fingerprint density at radius 2 is 1.86 bits per heavy atom. The number of hydrogen-bond acceptors (Lipinski definition) is 6. The number of H-pyrrole nitrogens is 1. The van der Waals surface area contributed by atoms with E-state index in [-0.39, 0.29) is 28.7 Å². The molecule has 0 saturated heterocycles. The minimum Gasteiger partial charge on any atom is -0.325 e. The summed E-state index contributed by atoms with van der Waals surface area (Å²) in [6.45, 7) is 0. The van der Waals surface area contributed by atoms with E-state index in [1.54, 1.807) is 36.4 Å². The van der Waals surface area contributed by atoms with Gasteiger partial charge in [0.2, 0.25) is 11.1 Å². The smallest absolute Gasteiger partial charge is 0.279 e. The first kappa shape index (κ1) is 18.2. The van der Waals surface area contributed by atoms with Crippen LogP contribution in [0.3, 0.4) is 0 Å². The van der Waals surface area contributed by atoms with Crippen LogP contribution >= 0.6 is 23.4 Å². The van der Waals surface area contributed by atoms with Gasteiger partial charge in [-0.05, 0) is 24.3 Å². The summed E-state index contributed by atoms with van der Waals surface area (Å²) in [4.78, 5) is 27.1. The fraction of sp³-hybridized carbons (Fsp3) is 0.0556. The normalized spacial score (nSPS) is 10.9. The molecule has 140 valence electrons. The van der Waals surface area contributed by atoms with Crippen molar-refractivity contribution in [3.63, 3.8) is 0 Å². The number of carbonyl (C=O) groups excluding carboxylic acids is 1. The molecule has 1 amide bonds. The number of nitrogens with one attached hydrogen (secondary N) is 2. The Labute approximate surface area is 168 Å². The number of aromatic amines is 1. The van der Waals surface area contributed by atoms with Gasteiger partial charge in [0.25, 0.3) is 11.3 Å². The number of thioether (sulfide) groups is 1. The van der Waals surface area contributed by atoms with Crippen LogP contribution in [0.1, 0.15) is 0 Å². The third-order valence-electron chi connectivity index (χ3n) is 3.76. The predicted molar refractivity (Wildman–Crippen MR) is 108 cm³/mol. The molecule has 2 heterocycles. The van der Waals surface area contributed by atoms with E-state index in [0.29, 0.717) is 21.4 Å². The molecule has 0 aliphatic carbocycles. The Morgan fingerprint density at radius 1 is 1.11 bits per heavy atom. The van der Waals surface area contributed by atoms with Gasteiger partial charge >= 0.3 is 0 Å². The van der Waals surface area contributed by atoms with Crippen LogP contribution in [0.15, 0.2) is 64.5 Å². The lowest BCUT2D eigenvalue weighted by atomic mass is 10.2.